The van der Waals surface area contributed by atoms with Crippen molar-refractivity contribution in [2.75, 3.05) is 11.4 Å². The van der Waals surface area contributed by atoms with Gasteiger partial charge in [0.2, 0.25) is 0 Å². The molecule has 1 aromatic rings. The molecule has 1 aliphatic heterocycles. The smallest absolute Gasteiger partial charge is 0.305 e. The normalized spacial score (nSPS) is 18.7. The molecule has 1 N–H and O–H groups in total. The van der Waals surface area contributed by atoms with Crippen molar-refractivity contribution in [3.05, 3.63) is 23.4 Å². The van der Waals surface area contributed by atoms with E-state index in [9.17, 15) is 10.1 Å². The van der Waals surface area contributed by atoms with Crippen LogP contribution in [0.5, 0.6) is 0 Å². The third-order valence-corrected chi connectivity index (χ3v) is 3.31. The fourth-order valence-electron chi connectivity index (χ4n) is 2.43. The maximum absolute atomic E-state index is 10.8. The second-order valence-corrected chi connectivity index (χ2v) is 4.53. The Balaban J connectivity index is 2.33. The number of aryl methyl sites for hydroxylation is 1. The monoisotopic (exact) mass is 245 g/mol. The number of nitrogens with zero attached hydrogens (tertiary/aromatic N) is 3. The second-order valence-electron chi connectivity index (χ2n) is 4.53. The predicted molar refractivity (Wildman–Crippen MR) is 66.3 cm³/mol. The Hall–Kier alpha value is -2.09. The molecule has 0 radical (unpaired) electrons. The summed E-state index contributed by atoms with van der Waals surface area (Å²) in [5.74, 6) is -0.181. The molecular formula is C13H15N3O2. The number of aliphatic carboxylic acids is 1. The van der Waals surface area contributed by atoms with Crippen LogP contribution in [0.1, 0.15) is 30.4 Å². The zero-order valence-electron chi connectivity index (χ0n) is 10.3. The van der Waals surface area contributed by atoms with Crippen molar-refractivity contribution in [3.63, 3.8) is 0 Å². The first-order valence-electron chi connectivity index (χ1n) is 5.97. The van der Waals surface area contributed by atoms with Gasteiger partial charge >= 0.3 is 5.97 Å². The standard InChI is InChI=1S/C13H15N3O2/c1-9-4-5-15-13(11(9)8-14)16-6-2-3-10(16)7-12(17)18/h4-5,10H,2-3,6-7H2,1H3,(H,17,18). The quantitative estimate of drug-likeness (QED) is 0.877. The van der Waals surface area contributed by atoms with Gasteiger partial charge in [-0.2, -0.15) is 5.26 Å². The summed E-state index contributed by atoms with van der Waals surface area (Å²) in [6, 6.07) is 3.91. The van der Waals surface area contributed by atoms with Crippen LogP contribution in [0.25, 0.3) is 0 Å². The number of carboxylic acid groups (broad SMARTS) is 1. The van der Waals surface area contributed by atoms with Gasteiger partial charge in [-0.1, -0.05) is 0 Å². The van der Waals surface area contributed by atoms with Crippen molar-refractivity contribution < 1.29 is 9.90 Å². The lowest BCUT2D eigenvalue weighted by Gasteiger charge is -2.25. The lowest BCUT2D eigenvalue weighted by Crippen LogP contribution is -2.32. The van der Waals surface area contributed by atoms with Crippen molar-refractivity contribution >= 4 is 11.8 Å². The van der Waals surface area contributed by atoms with E-state index < -0.39 is 5.97 Å². The Kier molecular flexibility index (Phi) is 3.47. The largest absolute Gasteiger partial charge is 0.481 e. The summed E-state index contributed by atoms with van der Waals surface area (Å²) < 4.78 is 0. The minimum atomic E-state index is -0.807. The number of aromatic nitrogens is 1. The maximum Gasteiger partial charge on any atom is 0.305 e. The highest BCUT2D eigenvalue weighted by atomic mass is 16.4. The lowest BCUT2D eigenvalue weighted by molar-refractivity contribution is -0.137. The van der Waals surface area contributed by atoms with Crippen molar-refractivity contribution in [2.45, 2.75) is 32.2 Å². The van der Waals surface area contributed by atoms with Crippen LogP contribution in [0.4, 0.5) is 5.82 Å². The Morgan fingerprint density at radius 1 is 1.72 bits per heavy atom. The molecule has 2 heterocycles. The topological polar surface area (TPSA) is 77.2 Å². The van der Waals surface area contributed by atoms with E-state index in [0.717, 1.165) is 24.9 Å². The molecular weight excluding hydrogens is 230 g/mol. The first-order valence-corrected chi connectivity index (χ1v) is 5.97. The van der Waals surface area contributed by atoms with E-state index in [0.29, 0.717) is 11.4 Å². The molecule has 0 amide bonds. The van der Waals surface area contributed by atoms with Gasteiger partial charge in [0.15, 0.2) is 0 Å². The molecule has 1 aliphatic rings. The van der Waals surface area contributed by atoms with Crippen LogP contribution < -0.4 is 4.90 Å². The summed E-state index contributed by atoms with van der Waals surface area (Å²) in [5.41, 5.74) is 1.43. The van der Waals surface area contributed by atoms with Crippen LogP contribution in [0.3, 0.4) is 0 Å². The van der Waals surface area contributed by atoms with Gasteiger partial charge in [0.1, 0.15) is 11.9 Å². The van der Waals surface area contributed by atoms with Gasteiger partial charge in [-0.3, -0.25) is 4.79 Å². The van der Waals surface area contributed by atoms with Crippen molar-refractivity contribution in [1.82, 2.24) is 4.98 Å². The third kappa shape index (κ3) is 2.28. The van der Waals surface area contributed by atoms with Crippen LogP contribution in [-0.2, 0) is 4.79 Å². The van der Waals surface area contributed by atoms with E-state index in [2.05, 4.69) is 11.1 Å². The summed E-state index contributed by atoms with van der Waals surface area (Å²) >= 11 is 0. The molecule has 1 saturated heterocycles. The van der Waals surface area contributed by atoms with Gasteiger partial charge < -0.3 is 10.0 Å². The minimum absolute atomic E-state index is 0.0519. The van der Waals surface area contributed by atoms with Gasteiger partial charge in [-0.15, -0.1) is 0 Å². The molecule has 5 heteroatoms. The lowest BCUT2D eigenvalue weighted by atomic mass is 10.1. The zero-order valence-corrected chi connectivity index (χ0v) is 10.3. The Bertz CT molecular complexity index is 507. The first kappa shape index (κ1) is 12.4. The highest BCUT2D eigenvalue weighted by Crippen LogP contribution is 2.29. The Morgan fingerprint density at radius 2 is 2.50 bits per heavy atom. The third-order valence-electron chi connectivity index (χ3n) is 3.31. The number of carboxylic acids is 1. The number of carbonyl (C=O) groups is 1. The van der Waals surface area contributed by atoms with Gasteiger partial charge in [-0.25, -0.2) is 4.98 Å². The molecule has 1 aromatic heterocycles. The van der Waals surface area contributed by atoms with Crippen molar-refractivity contribution in [3.8, 4) is 6.07 Å². The summed E-state index contributed by atoms with van der Waals surface area (Å²) in [6.07, 6.45) is 3.55. The van der Waals surface area contributed by atoms with Crippen LogP contribution in [-0.4, -0.2) is 28.6 Å². The number of rotatable bonds is 3. The molecule has 1 fully saturated rings. The molecule has 0 aromatic carbocycles. The molecule has 5 nitrogen and oxygen atoms in total. The Morgan fingerprint density at radius 3 is 3.17 bits per heavy atom. The van der Waals surface area contributed by atoms with Crippen LogP contribution >= 0.6 is 0 Å². The SMILES string of the molecule is Cc1ccnc(N2CCCC2CC(=O)O)c1C#N. The van der Waals surface area contributed by atoms with E-state index in [-0.39, 0.29) is 12.5 Å². The van der Waals surface area contributed by atoms with Gasteiger partial charge in [0, 0.05) is 18.8 Å². The number of pyridine rings is 1. The minimum Gasteiger partial charge on any atom is -0.481 e. The number of hydrogen-bond acceptors (Lipinski definition) is 4. The maximum atomic E-state index is 10.8. The fourth-order valence-corrected chi connectivity index (χ4v) is 2.43. The Labute approximate surface area is 106 Å². The number of anilines is 1. The van der Waals surface area contributed by atoms with E-state index in [1.807, 2.05) is 11.8 Å². The summed E-state index contributed by atoms with van der Waals surface area (Å²) in [5, 5.41) is 18.1. The molecule has 18 heavy (non-hydrogen) atoms. The average molecular weight is 245 g/mol. The average Bonchev–Trinajstić information content (AvgIpc) is 2.75. The van der Waals surface area contributed by atoms with Crippen LogP contribution in [0.2, 0.25) is 0 Å². The van der Waals surface area contributed by atoms with Gasteiger partial charge in [-0.05, 0) is 31.4 Å². The highest BCUT2D eigenvalue weighted by molar-refractivity contribution is 5.69. The second kappa shape index (κ2) is 5.05. The van der Waals surface area contributed by atoms with Crippen molar-refractivity contribution in [2.24, 2.45) is 0 Å². The van der Waals surface area contributed by atoms with Gasteiger partial charge in [0.05, 0.1) is 12.0 Å². The highest BCUT2D eigenvalue weighted by Gasteiger charge is 2.29. The van der Waals surface area contributed by atoms with Gasteiger partial charge in [0.25, 0.3) is 0 Å². The van der Waals surface area contributed by atoms with Crippen LogP contribution in [0.15, 0.2) is 12.3 Å². The molecule has 1 unspecified atom stereocenters. The molecule has 0 saturated carbocycles. The van der Waals surface area contributed by atoms with E-state index in [4.69, 9.17) is 5.11 Å². The summed E-state index contributed by atoms with van der Waals surface area (Å²) in [6.45, 7) is 2.63. The molecule has 94 valence electrons. The number of hydrogen-bond donors (Lipinski definition) is 1. The van der Waals surface area contributed by atoms with E-state index in [1.165, 1.54) is 0 Å². The first-order chi connectivity index (χ1) is 8.63. The summed E-state index contributed by atoms with van der Waals surface area (Å²) in [7, 11) is 0. The predicted octanol–water partition coefficient (Wildman–Crippen LogP) is 1.71. The molecule has 0 aliphatic carbocycles. The summed E-state index contributed by atoms with van der Waals surface area (Å²) in [4.78, 5) is 17.1. The zero-order chi connectivity index (χ0) is 13.1. The van der Waals surface area contributed by atoms with E-state index in [1.54, 1.807) is 12.3 Å². The van der Waals surface area contributed by atoms with Crippen LogP contribution in [0, 0.1) is 18.3 Å². The molecule has 1 atom stereocenters. The molecule has 0 bridgehead atoms. The molecule has 0 spiro atoms. The molecule has 2 rings (SSSR count). The van der Waals surface area contributed by atoms with Crippen molar-refractivity contribution in [1.29, 1.82) is 5.26 Å². The fraction of sp³-hybridized carbons (Fsp3) is 0.462. The van der Waals surface area contributed by atoms with E-state index >= 15 is 0 Å². The number of nitriles is 1.